The van der Waals surface area contributed by atoms with Gasteiger partial charge in [0.25, 0.3) is 0 Å². The van der Waals surface area contributed by atoms with E-state index in [1.807, 2.05) is 0 Å². The van der Waals surface area contributed by atoms with Crippen LogP contribution >= 0.6 is 11.3 Å². The third kappa shape index (κ3) is 5.99. The van der Waals surface area contributed by atoms with Crippen molar-refractivity contribution >= 4 is 82.0 Å². The summed E-state index contributed by atoms with van der Waals surface area (Å²) in [4.78, 5) is 7.74. The highest BCUT2D eigenvalue weighted by molar-refractivity contribution is 7.22. The van der Waals surface area contributed by atoms with Crippen LogP contribution in [0.5, 0.6) is 0 Å². The van der Waals surface area contributed by atoms with E-state index in [1.165, 1.54) is 64.7 Å². The quantitative estimate of drug-likeness (QED) is 0.150. The monoisotopic (exact) mass is 795 g/mol. The number of thiazole rings is 1. The number of hydrogen-bond acceptors (Lipinski definition) is 3. The van der Waals surface area contributed by atoms with Gasteiger partial charge in [0.1, 0.15) is 5.01 Å². The van der Waals surface area contributed by atoms with Crippen LogP contribution in [0.1, 0.15) is 0 Å². The van der Waals surface area contributed by atoms with Gasteiger partial charge in [0.15, 0.2) is 0 Å². The highest BCUT2D eigenvalue weighted by Crippen LogP contribution is 2.45. The molecule has 0 amide bonds. The van der Waals surface area contributed by atoms with Gasteiger partial charge in [-0.25, -0.2) is 4.98 Å². The number of benzene rings is 10. The summed E-state index contributed by atoms with van der Waals surface area (Å²) in [6.07, 6.45) is 0. The Labute approximate surface area is 357 Å². The molecule has 0 aliphatic rings. The second-order valence-corrected chi connectivity index (χ2v) is 16.6. The Morgan fingerprint density at radius 1 is 0.377 bits per heavy atom. The Morgan fingerprint density at radius 2 is 1.02 bits per heavy atom. The fourth-order valence-corrected chi connectivity index (χ4v) is 10.2. The van der Waals surface area contributed by atoms with Crippen molar-refractivity contribution in [3.8, 4) is 38.5 Å². The van der Waals surface area contributed by atoms with E-state index in [4.69, 9.17) is 4.98 Å². The van der Waals surface area contributed by atoms with Crippen LogP contribution in [0.2, 0.25) is 0 Å². The van der Waals surface area contributed by atoms with Crippen LogP contribution in [0.15, 0.2) is 224 Å². The lowest BCUT2D eigenvalue weighted by Crippen LogP contribution is -2.10. The molecular formula is C57H37N3S. The first-order chi connectivity index (χ1) is 30.2. The third-order valence-electron chi connectivity index (χ3n) is 12.0. The molecule has 0 spiro atoms. The molecule has 0 unspecified atom stereocenters. The SMILES string of the molecule is c1ccc(-c2cccc(N(c3ccc(-c4cc5c6ccccc6ccc5c5nc(-c6ccccc6)sc45)cc3)c3ccc4c(c3)c3ccccc3n4-c3ccccc3)c2)cc1. The number of aromatic nitrogens is 2. The minimum absolute atomic E-state index is 1.03. The maximum Gasteiger partial charge on any atom is 0.124 e. The molecular weight excluding hydrogens is 759 g/mol. The molecule has 12 rings (SSSR count). The van der Waals surface area contributed by atoms with Crippen molar-refractivity contribution in [2.45, 2.75) is 0 Å². The van der Waals surface area contributed by atoms with E-state index >= 15 is 0 Å². The summed E-state index contributed by atoms with van der Waals surface area (Å²) >= 11 is 1.77. The third-order valence-corrected chi connectivity index (χ3v) is 13.1. The Morgan fingerprint density at radius 3 is 1.82 bits per heavy atom. The second-order valence-electron chi connectivity index (χ2n) is 15.6. The minimum atomic E-state index is 1.03. The molecule has 0 saturated heterocycles. The van der Waals surface area contributed by atoms with E-state index in [9.17, 15) is 0 Å². The first-order valence-electron chi connectivity index (χ1n) is 20.7. The number of anilines is 3. The number of rotatable bonds is 7. The van der Waals surface area contributed by atoms with Crippen LogP contribution in [-0.2, 0) is 0 Å². The zero-order valence-electron chi connectivity index (χ0n) is 33.1. The first kappa shape index (κ1) is 35.2. The highest BCUT2D eigenvalue weighted by Gasteiger charge is 2.20. The van der Waals surface area contributed by atoms with Crippen molar-refractivity contribution in [1.82, 2.24) is 9.55 Å². The molecule has 3 nitrogen and oxygen atoms in total. The molecule has 2 heterocycles. The van der Waals surface area contributed by atoms with E-state index in [2.05, 4.69) is 234 Å². The van der Waals surface area contributed by atoms with E-state index < -0.39 is 0 Å². The standard InChI is InChI=1S/C57H37N3S/c1-4-15-38(16-5-1)42-20-14-23-45(35-42)59(46-32-34-54-52(36-46)48-25-12-13-26-53(48)60(54)43-21-8-3-9-22-43)44-30-27-40(28-31-44)50-37-51-47-24-11-10-17-39(47)29-33-49(51)55-56(50)61-57(58-55)41-18-6-2-7-19-41/h1-37H. The Hall–Kier alpha value is -7.79. The van der Waals surface area contributed by atoms with Gasteiger partial charge in [-0.2, -0.15) is 0 Å². The molecule has 2 aromatic heterocycles. The lowest BCUT2D eigenvalue weighted by molar-refractivity contribution is 1.18. The van der Waals surface area contributed by atoms with Crippen molar-refractivity contribution in [3.63, 3.8) is 0 Å². The summed E-state index contributed by atoms with van der Waals surface area (Å²) in [5.74, 6) is 0. The van der Waals surface area contributed by atoms with Crippen LogP contribution in [0.3, 0.4) is 0 Å². The van der Waals surface area contributed by atoms with Crippen LogP contribution in [0.25, 0.3) is 92.1 Å². The summed E-state index contributed by atoms with van der Waals surface area (Å²) in [6, 6.07) is 81.1. The largest absolute Gasteiger partial charge is 0.310 e. The van der Waals surface area contributed by atoms with E-state index in [0.717, 1.165) is 44.4 Å². The molecule has 0 fully saturated rings. The molecule has 0 radical (unpaired) electrons. The molecule has 12 aromatic rings. The van der Waals surface area contributed by atoms with Gasteiger partial charge in [-0.3, -0.25) is 0 Å². The van der Waals surface area contributed by atoms with E-state index in [0.29, 0.717) is 0 Å². The van der Waals surface area contributed by atoms with Gasteiger partial charge in [-0.05, 0) is 99.6 Å². The normalized spacial score (nSPS) is 11.6. The van der Waals surface area contributed by atoms with Crippen LogP contribution in [-0.4, -0.2) is 9.55 Å². The molecule has 0 atom stereocenters. The minimum Gasteiger partial charge on any atom is -0.310 e. The van der Waals surface area contributed by atoms with Crippen molar-refractivity contribution in [3.05, 3.63) is 224 Å². The number of para-hydroxylation sites is 2. The van der Waals surface area contributed by atoms with Crippen LogP contribution < -0.4 is 4.90 Å². The predicted octanol–water partition coefficient (Wildman–Crippen LogP) is 16.2. The maximum atomic E-state index is 5.34. The smallest absolute Gasteiger partial charge is 0.124 e. The maximum absolute atomic E-state index is 5.34. The van der Waals surface area contributed by atoms with Gasteiger partial charge in [0.05, 0.1) is 21.3 Å². The summed E-state index contributed by atoms with van der Waals surface area (Å²) in [6.45, 7) is 0. The van der Waals surface area contributed by atoms with Crippen molar-refractivity contribution in [2.24, 2.45) is 0 Å². The van der Waals surface area contributed by atoms with Gasteiger partial charge >= 0.3 is 0 Å². The summed E-state index contributed by atoms with van der Waals surface area (Å²) in [5, 5.41) is 8.33. The van der Waals surface area contributed by atoms with Crippen molar-refractivity contribution in [1.29, 1.82) is 0 Å². The summed E-state index contributed by atoms with van der Waals surface area (Å²) in [5.41, 5.74) is 13.7. The van der Waals surface area contributed by atoms with Gasteiger partial charge in [-0.1, -0.05) is 158 Å². The fraction of sp³-hybridized carbons (Fsp3) is 0. The summed E-state index contributed by atoms with van der Waals surface area (Å²) < 4.78 is 3.57. The fourth-order valence-electron chi connectivity index (χ4n) is 9.12. The predicted molar refractivity (Wildman–Crippen MR) is 260 cm³/mol. The second kappa shape index (κ2) is 14.5. The topological polar surface area (TPSA) is 21.1 Å². The zero-order valence-corrected chi connectivity index (χ0v) is 33.9. The van der Waals surface area contributed by atoms with Gasteiger partial charge < -0.3 is 9.47 Å². The van der Waals surface area contributed by atoms with Crippen LogP contribution in [0, 0.1) is 0 Å². The number of hydrogen-bond donors (Lipinski definition) is 0. The summed E-state index contributed by atoms with van der Waals surface area (Å²) in [7, 11) is 0. The average Bonchev–Trinajstić information content (AvgIpc) is 3.93. The van der Waals surface area contributed by atoms with Gasteiger partial charge in [0, 0.05) is 50.0 Å². The molecule has 286 valence electrons. The molecule has 4 heteroatoms. The molecule has 0 N–H and O–H groups in total. The highest BCUT2D eigenvalue weighted by atomic mass is 32.1. The number of fused-ring (bicyclic) bond motifs is 8. The lowest BCUT2D eigenvalue weighted by Gasteiger charge is -2.26. The molecule has 10 aromatic carbocycles. The van der Waals surface area contributed by atoms with Gasteiger partial charge in [-0.15, -0.1) is 11.3 Å². The van der Waals surface area contributed by atoms with Gasteiger partial charge in [0.2, 0.25) is 0 Å². The Balaban J connectivity index is 1.05. The molecule has 0 bridgehead atoms. The van der Waals surface area contributed by atoms with E-state index in [-0.39, 0.29) is 0 Å². The molecule has 0 saturated carbocycles. The van der Waals surface area contributed by atoms with E-state index in [1.54, 1.807) is 11.3 Å². The Kier molecular flexibility index (Phi) is 8.36. The van der Waals surface area contributed by atoms with Crippen molar-refractivity contribution < 1.29 is 0 Å². The lowest BCUT2D eigenvalue weighted by atomic mass is 9.96. The molecule has 61 heavy (non-hydrogen) atoms. The molecule has 0 aliphatic heterocycles. The van der Waals surface area contributed by atoms with Crippen LogP contribution in [0.4, 0.5) is 17.1 Å². The van der Waals surface area contributed by atoms with Crippen molar-refractivity contribution in [2.75, 3.05) is 4.90 Å². The average molecular weight is 796 g/mol. The zero-order chi connectivity index (χ0) is 40.3. The first-order valence-corrected chi connectivity index (χ1v) is 21.5. The number of nitrogens with zero attached hydrogens (tertiary/aromatic N) is 3. The Bertz CT molecular complexity index is 3570. The molecule has 0 aliphatic carbocycles.